The Morgan fingerprint density at radius 1 is 1.32 bits per heavy atom. The number of carbonyl (C=O) groups excluding carboxylic acids is 1. The van der Waals surface area contributed by atoms with Gasteiger partial charge >= 0.3 is 5.63 Å². The zero-order chi connectivity index (χ0) is 17.8. The maximum atomic E-state index is 12.3. The average molecular weight is 360 g/mol. The number of aryl methyl sites for hydroxylation is 1. The van der Waals surface area contributed by atoms with Crippen molar-refractivity contribution in [3.8, 4) is 5.75 Å². The van der Waals surface area contributed by atoms with E-state index in [0.29, 0.717) is 29.6 Å². The smallest absolute Gasteiger partial charge is 0.339 e. The van der Waals surface area contributed by atoms with Crippen LogP contribution in [-0.2, 0) is 4.79 Å². The van der Waals surface area contributed by atoms with Crippen LogP contribution in [0.2, 0.25) is 5.02 Å². The summed E-state index contributed by atoms with van der Waals surface area (Å²) in [6.45, 7) is 2.80. The zero-order valence-electron chi connectivity index (χ0n) is 13.8. The van der Waals surface area contributed by atoms with Crippen molar-refractivity contribution in [2.24, 2.45) is 0 Å². The molecule has 1 saturated heterocycles. The lowest BCUT2D eigenvalue weighted by atomic mass is 10.2. The van der Waals surface area contributed by atoms with E-state index in [-0.39, 0.29) is 12.0 Å². The highest BCUT2D eigenvalue weighted by Crippen LogP contribution is 2.19. The highest BCUT2D eigenvalue weighted by Gasteiger charge is 2.26. The van der Waals surface area contributed by atoms with Crippen LogP contribution in [0.5, 0.6) is 5.75 Å². The molecule has 0 bridgehead atoms. The van der Waals surface area contributed by atoms with Crippen molar-refractivity contribution in [3.05, 3.63) is 69.2 Å². The largest absolute Gasteiger partial charge is 0.488 e. The van der Waals surface area contributed by atoms with Crippen molar-refractivity contribution >= 4 is 23.6 Å². The zero-order valence-corrected chi connectivity index (χ0v) is 14.5. The molecular weight excluding hydrogens is 342 g/mol. The Bertz CT molecular complexity index is 841. The van der Waals surface area contributed by atoms with Gasteiger partial charge in [0.25, 0.3) is 0 Å². The van der Waals surface area contributed by atoms with Crippen molar-refractivity contribution in [1.82, 2.24) is 4.90 Å². The highest BCUT2D eigenvalue weighted by molar-refractivity contribution is 6.30. The molecule has 6 heteroatoms. The summed E-state index contributed by atoms with van der Waals surface area (Å²) in [5.74, 6) is 0.911. The van der Waals surface area contributed by atoms with Crippen molar-refractivity contribution in [3.63, 3.8) is 0 Å². The van der Waals surface area contributed by atoms with Gasteiger partial charge < -0.3 is 14.1 Å². The van der Waals surface area contributed by atoms with Gasteiger partial charge in [0.05, 0.1) is 12.6 Å². The summed E-state index contributed by atoms with van der Waals surface area (Å²) in [5, 5.41) is 0.660. The lowest BCUT2D eigenvalue weighted by Crippen LogP contribution is -2.29. The van der Waals surface area contributed by atoms with Gasteiger partial charge in [0.15, 0.2) is 0 Å². The third kappa shape index (κ3) is 4.73. The molecule has 0 N–H and O–H groups in total. The number of benzene rings is 1. The molecular formula is C19H18ClNO4. The van der Waals surface area contributed by atoms with Gasteiger partial charge in [-0.2, -0.15) is 0 Å². The van der Waals surface area contributed by atoms with E-state index < -0.39 is 5.63 Å². The number of ether oxygens (including phenoxy) is 1. The Morgan fingerprint density at radius 3 is 2.80 bits per heavy atom. The molecule has 0 spiro atoms. The maximum Gasteiger partial charge on any atom is 0.339 e. The van der Waals surface area contributed by atoms with Crippen LogP contribution < -0.4 is 10.4 Å². The van der Waals surface area contributed by atoms with Crippen molar-refractivity contribution in [2.45, 2.75) is 19.4 Å². The van der Waals surface area contributed by atoms with Crippen molar-refractivity contribution < 1.29 is 13.9 Å². The molecule has 3 rings (SSSR count). The number of rotatable bonds is 4. The molecule has 0 saturated carbocycles. The van der Waals surface area contributed by atoms with E-state index in [9.17, 15) is 9.59 Å². The first-order valence-electron chi connectivity index (χ1n) is 8.00. The summed E-state index contributed by atoms with van der Waals surface area (Å²) in [6, 6.07) is 10.3. The van der Waals surface area contributed by atoms with Gasteiger partial charge in [-0.15, -0.1) is 0 Å². The van der Waals surface area contributed by atoms with Gasteiger partial charge in [-0.3, -0.25) is 4.79 Å². The molecule has 5 nitrogen and oxygen atoms in total. The number of hydrogen-bond acceptors (Lipinski definition) is 4. The fraction of sp³-hybridized carbons (Fsp3) is 0.263. The van der Waals surface area contributed by atoms with E-state index >= 15 is 0 Å². The first-order chi connectivity index (χ1) is 12.0. The van der Waals surface area contributed by atoms with Crippen LogP contribution >= 0.6 is 11.6 Å². The maximum absolute atomic E-state index is 12.3. The Hall–Kier alpha value is -2.53. The molecule has 2 heterocycles. The van der Waals surface area contributed by atoms with Crippen molar-refractivity contribution in [2.75, 3.05) is 13.1 Å². The lowest BCUT2D eigenvalue weighted by Gasteiger charge is -2.15. The van der Waals surface area contributed by atoms with E-state index in [1.807, 2.05) is 12.1 Å². The van der Waals surface area contributed by atoms with Crippen LogP contribution in [0, 0.1) is 6.92 Å². The molecule has 1 aliphatic heterocycles. The Kier molecular flexibility index (Phi) is 5.24. The van der Waals surface area contributed by atoms with Crippen LogP contribution in [0.4, 0.5) is 0 Å². The number of carbonyl (C=O) groups is 1. The van der Waals surface area contributed by atoms with E-state index in [1.54, 1.807) is 42.2 Å². The Balaban J connectivity index is 1.57. The van der Waals surface area contributed by atoms with Gasteiger partial charge in [-0.05, 0) is 30.7 Å². The molecule has 0 radical (unpaired) electrons. The molecule has 1 aliphatic rings. The summed E-state index contributed by atoms with van der Waals surface area (Å²) in [5.41, 5.74) is 0.475. The lowest BCUT2D eigenvalue weighted by molar-refractivity contribution is -0.125. The van der Waals surface area contributed by atoms with Gasteiger partial charge in [0.1, 0.15) is 17.6 Å². The summed E-state index contributed by atoms with van der Waals surface area (Å²) in [7, 11) is 0. The van der Waals surface area contributed by atoms with E-state index in [4.69, 9.17) is 20.8 Å². The second-order valence-electron chi connectivity index (χ2n) is 5.92. The minimum atomic E-state index is -0.438. The Labute approximate surface area is 150 Å². The first-order valence-corrected chi connectivity index (χ1v) is 8.38. The van der Waals surface area contributed by atoms with Crippen LogP contribution in [0.3, 0.4) is 0 Å². The third-order valence-corrected chi connectivity index (χ3v) is 4.17. The number of likely N-dealkylation sites (tertiary alicyclic amines) is 1. The van der Waals surface area contributed by atoms with Crippen LogP contribution in [0.15, 0.2) is 51.7 Å². The second kappa shape index (κ2) is 7.57. The number of nitrogens with zero attached hydrogens (tertiary/aromatic N) is 1. The van der Waals surface area contributed by atoms with Gasteiger partial charge in [0.2, 0.25) is 5.91 Å². The van der Waals surface area contributed by atoms with Gasteiger partial charge in [-0.25, -0.2) is 4.79 Å². The van der Waals surface area contributed by atoms with E-state index in [1.165, 1.54) is 6.07 Å². The molecule has 2 aromatic rings. The summed E-state index contributed by atoms with van der Waals surface area (Å²) >= 11 is 5.84. The molecule has 0 aliphatic carbocycles. The van der Waals surface area contributed by atoms with Gasteiger partial charge in [0, 0.05) is 30.1 Å². The molecule has 1 atom stereocenters. The monoisotopic (exact) mass is 359 g/mol. The summed E-state index contributed by atoms with van der Waals surface area (Å²) in [4.78, 5) is 25.4. The average Bonchev–Trinajstić information content (AvgIpc) is 3.01. The summed E-state index contributed by atoms with van der Waals surface area (Å²) < 4.78 is 10.7. The van der Waals surface area contributed by atoms with E-state index in [0.717, 1.165) is 12.0 Å². The third-order valence-electron chi connectivity index (χ3n) is 3.92. The SMILES string of the molecule is Cc1cc(OC2CCN(C(=O)/C=C/c3ccc(Cl)cc3)C2)cc(=O)o1. The molecule has 1 fully saturated rings. The van der Waals surface area contributed by atoms with Crippen LogP contribution in [0.1, 0.15) is 17.7 Å². The molecule has 1 amide bonds. The summed E-state index contributed by atoms with van der Waals surface area (Å²) in [6.07, 6.45) is 3.90. The highest BCUT2D eigenvalue weighted by atomic mass is 35.5. The first kappa shape index (κ1) is 17.3. The van der Waals surface area contributed by atoms with Crippen LogP contribution in [-0.4, -0.2) is 30.0 Å². The number of halogens is 1. The predicted octanol–water partition coefficient (Wildman–Crippen LogP) is 3.29. The normalized spacial score (nSPS) is 17.2. The van der Waals surface area contributed by atoms with Crippen LogP contribution in [0.25, 0.3) is 6.08 Å². The van der Waals surface area contributed by atoms with Gasteiger partial charge in [-0.1, -0.05) is 23.7 Å². The molecule has 130 valence electrons. The fourth-order valence-electron chi connectivity index (χ4n) is 2.71. The molecule has 1 aromatic heterocycles. The van der Waals surface area contributed by atoms with Crippen molar-refractivity contribution in [1.29, 1.82) is 0 Å². The quantitative estimate of drug-likeness (QED) is 0.786. The number of amides is 1. The predicted molar refractivity (Wildman–Crippen MR) is 95.8 cm³/mol. The molecule has 1 aromatic carbocycles. The van der Waals surface area contributed by atoms with E-state index in [2.05, 4.69) is 0 Å². The fourth-order valence-corrected chi connectivity index (χ4v) is 2.83. The topological polar surface area (TPSA) is 59.8 Å². The second-order valence-corrected chi connectivity index (χ2v) is 6.36. The Morgan fingerprint density at radius 2 is 2.08 bits per heavy atom. The minimum Gasteiger partial charge on any atom is -0.488 e. The minimum absolute atomic E-state index is 0.0650. The molecule has 1 unspecified atom stereocenters. The number of hydrogen-bond donors (Lipinski definition) is 0. The molecule has 25 heavy (non-hydrogen) atoms. The standard InChI is InChI=1S/C19H18ClNO4/c1-13-10-17(11-19(23)24-13)25-16-8-9-21(12-16)18(22)7-4-14-2-5-15(20)6-3-14/h2-7,10-11,16H,8-9,12H2,1H3/b7-4+.